The summed E-state index contributed by atoms with van der Waals surface area (Å²) in [6.45, 7) is 0. The van der Waals surface area contributed by atoms with E-state index >= 15 is 0 Å². The summed E-state index contributed by atoms with van der Waals surface area (Å²) in [6.07, 6.45) is 0. The molecule has 2 nitrogen and oxygen atoms in total. The molecule has 2 rings (SSSR count). The van der Waals surface area contributed by atoms with Crippen LogP contribution in [0.25, 0.3) is 0 Å². The first-order valence-corrected chi connectivity index (χ1v) is 7.29. The summed E-state index contributed by atoms with van der Waals surface area (Å²) in [4.78, 5) is 11.5. The lowest BCUT2D eigenvalue weighted by Gasteiger charge is -2.09. The third-order valence-corrected chi connectivity index (χ3v) is 5.07. The molecule has 0 aromatic heterocycles. The zero-order valence-electron chi connectivity index (χ0n) is 10.2. The molecule has 0 unspecified atom stereocenters. The van der Waals surface area contributed by atoms with Gasteiger partial charge in [0.15, 0.2) is 0 Å². The van der Waals surface area contributed by atoms with Crippen LogP contribution in [0.5, 0.6) is 0 Å². The second-order valence-corrected chi connectivity index (χ2v) is 6.08. The fraction of sp³-hybridized carbons (Fsp3) is 0.0667. The standard InChI is InChI=1S/C15H15O2P/c1-17-15(16)12-18(13-8-4-2-5-9-13)14-10-6-3-7-11-14/h2-12,18H,1H3. The van der Waals surface area contributed by atoms with Crippen molar-refractivity contribution in [2.45, 2.75) is 0 Å². The van der Waals surface area contributed by atoms with Gasteiger partial charge in [0.1, 0.15) is 0 Å². The predicted molar refractivity (Wildman–Crippen MR) is 78.5 cm³/mol. The molecule has 0 saturated heterocycles. The molecule has 0 fully saturated rings. The Kier molecular flexibility index (Phi) is 4.38. The Morgan fingerprint density at radius 3 is 1.78 bits per heavy atom. The van der Waals surface area contributed by atoms with Crippen LogP contribution in [-0.2, 0) is 9.53 Å². The summed E-state index contributed by atoms with van der Waals surface area (Å²) in [7, 11) is 0.200. The molecule has 0 radical (unpaired) electrons. The van der Waals surface area contributed by atoms with E-state index in [1.807, 2.05) is 36.4 Å². The van der Waals surface area contributed by atoms with E-state index in [0.29, 0.717) is 0 Å². The fourth-order valence-electron chi connectivity index (χ4n) is 1.75. The maximum absolute atomic E-state index is 11.5. The Labute approximate surface area is 108 Å². The van der Waals surface area contributed by atoms with Crippen molar-refractivity contribution in [3.63, 3.8) is 0 Å². The van der Waals surface area contributed by atoms with Crippen LogP contribution in [0.3, 0.4) is 0 Å². The van der Waals surface area contributed by atoms with E-state index in [-0.39, 0.29) is 5.97 Å². The van der Waals surface area contributed by atoms with Gasteiger partial charge in [-0.25, -0.2) is 4.79 Å². The zero-order chi connectivity index (χ0) is 12.8. The van der Waals surface area contributed by atoms with Crippen LogP contribution < -0.4 is 10.6 Å². The Morgan fingerprint density at radius 1 is 0.944 bits per heavy atom. The van der Waals surface area contributed by atoms with Crippen molar-refractivity contribution in [3.8, 4) is 0 Å². The Balaban J connectivity index is 2.49. The first-order chi connectivity index (χ1) is 8.81. The molecule has 2 aromatic rings. The number of ether oxygens (including phenoxy) is 1. The Morgan fingerprint density at radius 2 is 1.39 bits per heavy atom. The Bertz CT molecular complexity index is 506. The molecule has 0 aliphatic heterocycles. The highest BCUT2D eigenvalue weighted by molar-refractivity contribution is 7.73. The van der Waals surface area contributed by atoms with Crippen molar-refractivity contribution >= 4 is 29.9 Å². The predicted octanol–water partition coefficient (Wildman–Crippen LogP) is 1.83. The molecule has 0 N–H and O–H groups in total. The van der Waals surface area contributed by atoms with Crippen molar-refractivity contribution in [1.29, 1.82) is 0 Å². The molecular weight excluding hydrogens is 243 g/mol. The third kappa shape index (κ3) is 3.12. The van der Waals surface area contributed by atoms with Gasteiger partial charge >= 0.3 is 5.97 Å². The van der Waals surface area contributed by atoms with Gasteiger partial charge in [-0.1, -0.05) is 68.2 Å². The van der Waals surface area contributed by atoms with Crippen LogP contribution >= 0.6 is 7.55 Å². The maximum atomic E-state index is 11.5. The van der Waals surface area contributed by atoms with Gasteiger partial charge in [0.25, 0.3) is 0 Å². The number of carbonyl (C=O) groups is 1. The first-order valence-electron chi connectivity index (χ1n) is 5.72. The quantitative estimate of drug-likeness (QED) is 0.620. The number of methoxy groups -OCH3 is 1. The summed E-state index contributed by atoms with van der Waals surface area (Å²) >= 11 is 0. The molecule has 0 bridgehead atoms. The molecule has 0 aliphatic rings. The smallest absolute Gasteiger partial charge is 0.330 e. The van der Waals surface area contributed by atoms with Crippen molar-refractivity contribution in [1.82, 2.24) is 0 Å². The summed E-state index contributed by atoms with van der Waals surface area (Å²) < 4.78 is 4.75. The number of rotatable bonds is 3. The highest BCUT2D eigenvalue weighted by Gasteiger charge is 2.05. The SMILES string of the molecule is COC(=O)C=[PH](c1ccccc1)c1ccccc1. The van der Waals surface area contributed by atoms with Gasteiger partial charge in [-0.05, 0) is 10.6 Å². The maximum Gasteiger partial charge on any atom is 0.330 e. The first kappa shape index (κ1) is 12.7. The van der Waals surface area contributed by atoms with Crippen molar-refractivity contribution in [3.05, 3.63) is 60.7 Å². The summed E-state index contributed by atoms with van der Waals surface area (Å²) in [5.41, 5.74) is 0. The van der Waals surface area contributed by atoms with E-state index in [4.69, 9.17) is 4.74 Å². The molecular formula is C15H15O2P. The van der Waals surface area contributed by atoms with Crippen LogP contribution in [0.1, 0.15) is 0 Å². The summed E-state index contributed by atoms with van der Waals surface area (Å²) in [5, 5.41) is 2.36. The monoisotopic (exact) mass is 258 g/mol. The molecule has 0 saturated carbocycles. The largest absolute Gasteiger partial charge is 0.466 e. The van der Waals surface area contributed by atoms with Crippen molar-refractivity contribution in [2.24, 2.45) is 0 Å². The van der Waals surface area contributed by atoms with Crippen LogP contribution in [0.15, 0.2) is 60.7 Å². The average molecular weight is 258 g/mol. The average Bonchev–Trinajstić information content (AvgIpc) is 2.46. The highest BCUT2D eigenvalue weighted by Crippen LogP contribution is 2.20. The van der Waals surface area contributed by atoms with Crippen LogP contribution in [0.4, 0.5) is 0 Å². The molecule has 0 spiro atoms. The molecule has 0 amide bonds. The van der Waals surface area contributed by atoms with Gasteiger partial charge in [0.2, 0.25) is 0 Å². The minimum Gasteiger partial charge on any atom is -0.466 e. The number of hydrogen-bond donors (Lipinski definition) is 0. The third-order valence-electron chi connectivity index (χ3n) is 2.63. The highest BCUT2D eigenvalue weighted by atomic mass is 31.1. The lowest BCUT2D eigenvalue weighted by Crippen LogP contribution is -2.11. The van der Waals surface area contributed by atoms with Crippen LogP contribution in [0.2, 0.25) is 0 Å². The summed E-state index contributed by atoms with van der Waals surface area (Å²) in [5.74, 6) is 1.44. The minimum atomic E-state index is -1.21. The molecule has 0 heterocycles. The van der Waals surface area contributed by atoms with Gasteiger partial charge in [-0.15, -0.1) is 0 Å². The molecule has 0 aliphatic carbocycles. The lowest BCUT2D eigenvalue weighted by molar-refractivity contribution is -0.131. The van der Waals surface area contributed by atoms with E-state index in [1.54, 1.807) is 5.80 Å². The van der Waals surface area contributed by atoms with Gasteiger partial charge < -0.3 is 4.74 Å². The molecule has 92 valence electrons. The second-order valence-electron chi connectivity index (χ2n) is 3.81. The van der Waals surface area contributed by atoms with Crippen molar-refractivity contribution in [2.75, 3.05) is 7.11 Å². The van der Waals surface area contributed by atoms with Crippen LogP contribution in [0, 0.1) is 0 Å². The topological polar surface area (TPSA) is 26.3 Å². The number of benzene rings is 2. The minimum absolute atomic E-state index is 0.267. The molecule has 3 heteroatoms. The number of hydrogen-bond acceptors (Lipinski definition) is 2. The second kappa shape index (κ2) is 6.23. The normalized spacial score (nSPS) is 10.1. The van der Waals surface area contributed by atoms with Gasteiger partial charge in [-0.2, -0.15) is 0 Å². The van der Waals surface area contributed by atoms with E-state index in [1.165, 1.54) is 17.7 Å². The van der Waals surface area contributed by atoms with Gasteiger partial charge in [0.05, 0.1) is 7.11 Å². The summed E-state index contributed by atoms with van der Waals surface area (Å²) in [6, 6.07) is 20.2. The lowest BCUT2D eigenvalue weighted by atomic mass is 10.4. The van der Waals surface area contributed by atoms with E-state index < -0.39 is 7.55 Å². The zero-order valence-corrected chi connectivity index (χ0v) is 11.2. The molecule has 18 heavy (non-hydrogen) atoms. The van der Waals surface area contributed by atoms with Crippen molar-refractivity contribution < 1.29 is 9.53 Å². The molecule has 2 aromatic carbocycles. The van der Waals surface area contributed by atoms with Gasteiger partial charge in [0, 0.05) is 5.80 Å². The number of carbonyl (C=O) groups excluding carboxylic acids is 1. The Hall–Kier alpha value is -1.79. The van der Waals surface area contributed by atoms with E-state index in [0.717, 1.165) is 0 Å². The van der Waals surface area contributed by atoms with E-state index in [2.05, 4.69) is 24.3 Å². The van der Waals surface area contributed by atoms with Gasteiger partial charge in [-0.3, -0.25) is 0 Å². The van der Waals surface area contributed by atoms with E-state index in [9.17, 15) is 4.79 Å². The fourth-order valence-corrected chi connectivity index (χ4v) is 3.87. The number of esters is 1. The van der Waals surface area contributed by atoms with Crippen LogP contribution in [-0.4, -0.2) is 18.9 Å². The molecule has 0 atom stereocenters.